The summed E-state index contributed by atoms with van der Waals surface area (Å²) >= 11 is 0. The van der Waals surface area contributed by atoms with Crippen LogP contribution in [0.1, 0.15) is 42.6 Å². The van der Waals surface area contributed by atoms with Crippen molar-refractivity contribution in [3.05, 3.63) is 18.0 Å². The number of piperidine rings is 1. The molecular weight excluding hydrogens is 363 g/mol. The van der Waals surface area contributed by atoms with Gasteiger partial charge in [0.05, 0.1) is 23.6 Å². The standard InChI is InChI=1S/C14H20F3N3O4S/c1-10(5-14(15,16)17)9-25(23,24)19-4-2-3-12(8-19)20-7-11(6-18-20)13(21)22/h6-7,10,12H,2-5,8-9H2,1H3,(H,21,22). The number of hydrogen-bond donors (Lipinski definition) is 1. The number of aromatic nitrogens is 2. The number of aromatic carboxylic acids is 1. The first-order valence-corrected chi connectivity index (χ1v) is 9.41. The number of sulfonamides is 1. The summed E-state index contributed by atoms with van der Waals surface area (Å²) in [6.45, 7) is 1.57. The van der Waals surface area contributed by atoms with E-state index in [9.17, 15) is 26.4 Å². The summed E-state index contributed by atoms with van der Waals surface area (Å²) in [4.78, 5) is 10.9. The lowest BCUT2D eigenvalue weighted by Crippen LogP contribution is -2.43. The van der Waals surface area contributed by atoms with Gasteiger partial charge in [0.25, 0.3) is 0 Å². The second-order valence-electron chi connectivity index (χ2n) is 6.37. The Labute approximate surface area is 143 Å². The quantitative estimate of drug-likeness (QED) is 0.812. The molecule has 1 aromatic rings. The lowest BCUT2D eigenvalue weighted by molar-refractivity contribution is -0.141. The van der Waals surface area contributed by atoms with Crippen molar-refractivity contribution in [2.24, 2.45) is 5.92 Å². The van der Waals surface area contributed by atoms with Gasteiger partial charge in [-0.3, -0.25) is 4.68 Å². The molecule has 0 saturated carbocycles. The fourth-order valence-electron chi connectivity index (χ4n) is 2.96. The van der Waals surface area contributed by atoms with Crippen LogP contribution in [0.3, 0.4) is 0 Å². The minimum atomic E-state index is -4.40. The van der Waals surface area contributed by atoms with Gasteiger partial charge in [-0.2, -0.15) is 22.6 Å². The molecule has 2 rings (SSSR count). The number of carboxylic acids is 1. The van der Waals surface area contributed by atoms with Gasteiger partial charge in [0.2, 0.25) is 10.0 Å². The summed E-state index contributed by atoms with van der Waals surface area (Å²) in [6, 6.07) is -0.338. The van der Waals surface area contributed by atoms with Gasteiger partial charge >= 0.3 is 12.1 Å². The monoisotopic (exact) mass is 383 g/mol. The molecule has 25 heavy (non-hydrogen) atoms. The van der Waals surface area contributed by atoms with E-state index in [-0.39, 0.29) is 24.7 Å². The van der Waals surface area contributed by atoms with E-state index in [1.165, 1.54) is 28.3 Å². The third-order valence-electron chi connectivity index (χ3n) is 4.05. The van der Waals surface area contributed by atoms with E-state index in [1.807, 2.05) is 0 Å². The molecule has 1 N–H and O–H groups in total. The summed E-state index contributed by atoms with van der Waals surface area (Å²) in [5, 5.41) is 12.9. The maximum atomic E-state index is 12.4. The fraction of sp³-hybridized carbons (Fsp3) is 0.714. The third kappa shape index (κ3) is 5.43. The van der Waals surface area contributed by atoms with Gasteiger partial charge in [0.1, 0.15) is 0 Å². The number of halogens is 3. The zero-order chi connectivity index (χ0) is 18.8. The van der Waals surface area contributed by atoms with Gasteiger partial charge in [-0.1, -0.05) is 6.92 Å². The highest BCUT2D eigenvalue weighted by molar-refractivity contribution is 7.89. The molecule has 0 aromatic carbocycles. The molecule has 1 aliphatic heterocycles. The number of carboxylic acid groups (broad SMARTS) is 1. The van der Waals surface area contributed by atoms with E-state index in [0.29, 0.717) is 12.8 Å². The first kappa shape index (κ1) is 19.7. The SMILES string of the molecule is CC(CC(F)(F)F)CS(=O)(=O)N1CCCC(n2cc(C(=O)O)cn2)C1. The van der Waals surface area contributed by atoms with Crippen LogP contribution in [0, 0.1) is 5.92 Å². The van der Waals surface area contributed by atoms with Crippen molar-refractivity contribution in [2.75, 3.05) is 18.8 Å². The molecular formula is C14H20F3N3O4S. The number of alkyl halides is 3. The lowest BCUT2D eigenvalue weighted by Gasteiger charge is -2.32. The molecule has 2 unspecified atom stereocenters. The smallest absolute Gasteiger partial charge is 0.389 e. The summed E-state index contributed by atoms with van der Waals surface area (Å²) in [6.07, 6.45) is -1.90. The van der Waals surface area contributed by atoms with E-state index in [1.54, 1.807) is 0 Å². The molecule has 0 spiro atoms. The van der Waals surface area contributed by atoms with Crippen molar-refractivity contribution in [1.82, 2.24) is 14.1 Å². The molecule has 0 radical (unpaired) electrons. The fourth-order valence-corrected chi connectivity index (χ4v) is 4.81. The number of hydrogen-bond acceptors (Lipinski definition) is 4. The Morgan fingerprint density at radius 3 is 2.72 bits per heavy atom. The molecule has 0 bridgehead atoms. The highest BCUT2D eigenvalue weighted by Crippen LogP contribution is 2.28. The number of carbonyl (C=O) groups is 1. The van der Waals surface area contributed by atoms with E-state index in [0.717, 1.165) is 0 Å². The Kier molecular flexibility index (Phi) is 5.77. The van der Waals surface area contributed by atoms with Gasteiger partial charge in [-0.05, 0) is 18.8 Å². The average molecular weight is 383 g/mol. The Morgan fingerprint density at radius 1 is 1.48 bits per heavy atom. The molecule has 2 atom stereocenters. The highest BCUT2D eigenvalue weighted by atomic mass is 32.2. The van der Waals surface area contributed by atoms with Crippen LogP contribution in [-0.4, -0.2) is 58.6 Å². The predicted molar refractivity (Wildman–Crippen MR) is 82.7 cm³/mol. The van der Waals surface area contributed by atoms with Crippen LogP contribution < -0.4 is 0 Å². The van der Waals surface area contributed by atoms with Gasteiger partial charge in [-0.15, -0.1) is 0 Å². The second kappa shape index (κ2) is 7.32. The summed E-state index contributed by atoms with van der Waals surface area (Å²) in [5.74, 6) is -2.74. The molecule has 1 aromatic heterocycles. The Balaban J connectivity index is 2.04. The van der Waals surface area contributed by atoms with Gasteiger partial charge in [0.15, 0.2) is 0 Å². The van der Waals surface area contributed by atoms with Gasteiger partial charge in [-0.25, -0.2) is 13.2 Å². The largest absolute Gasteiger partial charge is 0.478 e. The molecule has 0 amide bonds. The van der Waals surface area contributed by atoms with Gasteiger partial charge in [0, 0.05) is 25.7 Å². The van der Waals surface area contributed by atoms with Crippen LogP contribution in [-0.2, 0) is 10.0 Å². The average Bonchev–Trinajstić information content (AvgIpc) is 2.94. The van der Waals surface area contributed by atoms with Crippen LogP contribution in [0.15, 0.2) is 12.4 Å². The van der Waals surface area contributed by atoms with Crippen molar-refractivity contribution in [1.29, 1.82) is 0 Å². The normalized spacial score (nSPS) is 21.2. The first-order chi connectivity index (χ1) is 11.5. The van der Waals surface area contributed by atoms with Crippen molar-refractivity contribution in [2.45, 2.75) is 38.4 Å². The molecule has 0 aliphatic carbocycles. The van der Waals surface area contributed by atoms with Crippen LogP contribution in [0.25, 0.3) is 0 Å². The topological polar surface area (TPSA) is 92.5 Å². The molecule has 142 valence electrons. The van der Waals surface area contributed by atoms with E-state index < -0.39 is 40.3 Å². The van der Waals surface area contributed by atoms with Crippen molar-refractivity contribution in [3.63, 3.8) is 0 Å². The predicted octanol–water partition coefficient (Wildman–Crippen LogP) is 2.14. The van der Waals surface area contributed by atoms with E-state index in [4.69, 9.17) is 5.11 Å². The number of rotatable bonds is 6. The molecule has 11 heteroatoms. The Morgan fingerprint density at radius 2 is 2.16 bits per heavy atom. The Bertz CT molecular complexity index is 717. The van der Waals surface area contributed by atoms with Crippen LogP contribution >= 0.6 is 0 Å². The zero-order valence-electron chi connectivity index (χ0n) is 13.6. The molecule has 2 heterocycles. The van der Waals surface area contributed by atoms with Crippen molar-refractivity contribution < 1.29 is 31.5 Å². The first-order valence-electron chi connectivity index (χ1n) is 7.80. The third-order valence-corrected chi connectivity index (χ3v) is 6.16. The maximum absolute atomic E-state index is 12.4. The maximum Gasteiger partial charge on any atom is 0.389 e. The molecule has 1 saturated heterocycles. The zero-order valence-corrected chi connectivity index (χ0v) is 14.4. The minimum Gasteiger partial charge on any atom is -0.478 e. The van der Waals surface area contributed by atoms with Crippen molar-refractivity contribution >= 4 is 16.0 Å². The molecule has 7 nitrogen and oxygen atoms in total. The van der Waals surface area contributed by atoms with Crippen LogP contribution in [0.2, 0.25) is 0 Å². The highest BCUT2D eigenvalue weighted by Gasteiger charge is 2.35. The summed E-state index contributed by atoms with van der Waals surface area (Å²) in [7, 11) is -3.83. The molecule has 1 aliphatic rings. The lowest BCUT2D eigenvalue weighted by atomic mass is 10.1. The van der Waals surface area contributed by atoms with Crippen LogP contribution in [0.4, 0.5) is 13.2 Å². The summed E-state index contributed by atoms with van der Waals surface area (Å²) in [5.41, 5.74) is -0.00113. The Hall–Kier alpha value is -1.62. The second-order valence-corrected chi connectivity index (χ2v) is 8.38. The number of nitrogens with zero attached hydrogens (tertiary/aromatic N) is 3. The summed E-state index contributed by atoms with van der Waals surface area (Å²) < 4.78 is 64.6. The minimum absolute atomic E-state index is 0.00113. The van der Waals surface area contributed by atoms with Crippen molar-refractivity contribution in [3.8, 4) is 0 Å². The van der Waals surface area contributed by atoms with Gasteiger partial charge < -0.3 is 5.11 Å². The van der Waals surface area contributed by atoms with E-state index >= 15 is 0 Å². The van der Waals surface area contributed by atoms with Crippen LogP contribution in [0.5, 0.6) is 0 Å². The molecule has 1 fully saturated rings. The van der Waals surface area contributed by atoms with E-state index in [2.05, 4.69) is 5.10 Å².